The van der Waals surface area contributed by atoms with Gasteiger partial charge in [0.25, 0.3) is 0 Å². The number of carbonyl (C=O) groups is 1. The first-order chi connectivity index (χ1) is 14.6. The summed E-state index contributed by atoms with van der Waals surface area (Å²) in [6.45, 7) is 2.08. The standard InChI is InChI=1S/C22H20N4O4/c1-3-30-21(28)15-6-4-7-16(12-15)24-20-19(25-22-23-10-5-11-26(20)22)14-8-9-17(27)18(13-14)29-2/h4-13,24,27H,3H2,1-2H3. The van der Waals surface area contributed by atoms with Crippen molar-refractivity contribution in [2.75, 3.05) is 19.0 Å². The van der Waals surface area contributed by atoms with Crippen molar-refractivity contribution in [1.29, 1.82) is 0 Å². The molecule has 0 atom stereocenters. The largest absolute Gasteiger partial charge is 0.504 e. The lowest BCUT2D eigenvalue weighted by molar-refractivity contribution is 0.0526. The zero-order chi connectivity index (χ0) is 21.1. The highest BCUT2D eigenvalue weighted by atomic mass is 16.5. The molecule has 2 aromatic carbocycles. The zero-order valence-corrected chi connectivity index (χ0v) is 16.5. The maximum atomic E-state index is 12.1. The lowest BCUT2D eigenvalue weighted by atomic mass is 10.1. The molecule has 8 nitrogen and oxygen atoms in total. The number of ether oxygens (including phenoxy) is 2. The summed E-state index contributed by atoms with van der Waals surface area (Å²) in [5, 5.41) is 13.3. The maximum Gasteiger partial charge on any atom is 0.338 e. The number of hydrogen-bond acceptors (Lipinski definition) is 7. The van der Waals surface area contributed by atoms with Gasteiger partial charge in [-0.3, -0.25) is 4.40 Å². The minimum Gasteiger partial charge on any atom is -0.504 e. The summed E-state index contributed by atoms with van der Waals surface area (Å²) in [5.41, 5.74) is 2.49. The number of aromatic hydroxyl groups is 1. The number of hydrogen-bond donors (Lipinski definition) is 2. The molecule has 0 unspecified atom stereocenters. The van der Waals surface area contributed by atoms with Gasteiger partial charge in [-0.25, -0.2) is 14.8 Å². The third-order valence-electron chi connectivity index (χ3n) is 4.49. The predicted octanol–water partition coefficient (Wildman–Crippen LogP) is 4.03. The first kappa shape index (κ1) is 19.3. The molecule has 4 rings (SSSR count). The lowest BCUT2D eigenvalue weighted by Crippen LogP contribution is -2.05. The molecular weight excluding hydrogens is 384 g/mol. The molecule has 8 heteroatoms. The minimum atomic E-state index is -0.385. The lowest BCUT2D eigenvalue weighted by Gasteiger charge is -2.11. The van der Waals surface area contributed by atoms with E-state index in [0.717, 1.165) is 5.56 Å². The Balaban J connectivity index is 1.80. The number of phenolic OH excluding ortho intramolecular Hbond substituents is 1. The van der Waals surface area contributed by atoms with Gasteiger partial charge in [-0.2, -0.15) is 0 Å². The molecule has 4 aromatic rings. The third kappa shape index (κ3) is 3.62. The maximum absolute atomic E-state index is 12.1. The van der Waals surface area contributed by atoms with Crippen LogP contribution in [0.4, 0.5) is 11.5 Å². The molecule has 0 spiro atoms. The van der Waals surface area contributed by atoms with Crippen LogP contribution in [-0.4, -0.2) is 39.2 Å². The van der Waals surface area contributed by atoms with Gasteiger partial charge < -0.3 is 19.9 Å². The molecule has 0 saturated carbocycles. The number of benzene rings is 2. The highest BCUT2D eigenvalue weighted by Gasteiger charge is 2.17. The second-order valence-corrected chi connectivity index (χ2v) is 6.41. The summed E-state index contributed by atoms with van der Waals surface area (Å²) < 4.78 is 12.1. The Hall–Kier alpha value is -4.07. The molecule has 0 saturated heterocycles. The summed E-state index contributed by atoms with van der Waals surface area (Å²) >= 11 is 0. The van der Waals surface area contributed by atoms with E-state index in [4.69, 9.17) is 9.47 Å². The Labute approximate surface area is 172 Å². The highest BCUT2D eigenvalue weighted by Crippen LogP contribution is 2.35. The molecular formula is C22H20N4O4. The zero-order valence-electron chi connectivity index (χ0n) is 16.5. The van der Waals surface area contributed by atoms with Crippen molar-refractivity contribution >= 4 is 23.3 Å². The summed E-state index contributed by atoms with van der Waals surface area (Å²) in [5.74, 6) is 1.16. The van der Waals surface area contributed by atoms with Crippen molar-refractivity contribution < 1.29 is 19.4 Å². The Morgan fingerprint density at radius 1 is 1.20 bits per heavy atom. The van der Waals surface area contributed by atoms with Crippen molar-refractivity contribution in [2.24, 2.45) is 0 Å². The molecule has 2 heterocycles. The number of aromatic nitrogens is 3. The Morgan fingerprint density at radius 3 is 2.87 bits per heavy atom. The molecule has 0 radical (unpaired) electrons. The first-order valence-electron chi connectivity index (χ1n) is 9.35. The van der Waals surface area contributed by atoms with Gasteiger partial charge in [0, 0.05) is 23.6 Å². The van der Waals surface area contributed by atoms with Gasteiger partial charge in [-0.1, -0.05) is 6.07 Å². The van der Waals surface area contributed by atoms with E-state index in [2.05, 4.69) is 15.3 Å². The second-order valence-electron chi connectivity index (χ2n) is 6.41. The van der Waals surface area contributed by atoms with Gasteiger partial charge in [0.05, 0.1) is 19.3 Å². The van der Waals surface area contributed by atoms with Crippen LogP contribution < -0.4 is 10.1 Å². The van der Waals surface area contributed by atoms with E-state index in [9.17, 15) is 9.90 Å². The van der Waals surface area contributed by atoms with E-state index in [-0.39, 0.29) is 11.7 Å². The van der Waals surface area contributed by atoms with Crippen LogP contribution in [-0.2, 0) is 4.74 Å². The fourth-order valence-electron chi connectivity index (χ4n) is 3.11. The topological polar surface area (TPSA) is 98.0 Å². The molecule has 0 fully saturated rings. The molecule has 2 N–H and O–H groups in total. The SMILES string of the molecule is CCOC(=O)c1cccc(Nc2c(-c3ccc(O)c(OC)c3)nc3ncccn23)c1. The highest BCUT2D eigenvalue weighted by molar-refractivity contribution is 5.91. The molecule has 2 aromatic heterocycles. The van der Waals surface area contributed by atoms with E-state index in [1.807, 2.05) is 16.7 Å². The number of imidazole rings is 1. The fraction of sp³-hybridized carbons (Fsp3) is 0.136. The van der Waals surface area contributed by atoms with E-state index in [1.165, 1.54) is 7.11 Å². The molecule has 152 valence electrons. The van der Waals surface area contributed by atoms with Crippen LogP contribution in [0.5, 0.6) is 11.5 Å². The molecule has 0 aliphatic carbocycles. The number of nitrogens with one attached hydrogen (secondary N) is 1. The average Bonchev–Trinajstić information content (AvgIpc) is 3.13. The monoisotopic (exact) mass is 404 g/mol. The number of rotatable bonds is 6. The van der Waals surface area contributed by atoms with Crippen molar-refractivity contribution in [2.45, 2.75) is 6.92 Å². The Bertz CT molecular complexity index is 1220. The van der Waals surface area contributed by atoms with Crippen LogP contribution in [0.15, 0.2) is 60.9 Å². The molecule has 0 amide bonds. The van der Waals surface area contributed by atoms with Crippen LogP contribution in [0.25, 0.3) is 17.0 Å². The fourth-order valence-corrected chi connectivity index (χ4v) is 3.11. The minimum absolute atomic E-state index is 0.0415. The number of esters is 1. The molecule has 30 heavy (non-hydrogen) atoms. The summed E-state index contributed by atoms with van der Waals surface area (Å²) in [6, 6.07) is 13.9. The quantitative estimate of drug-likeness (QED) is 0.468. The normalized spacial score (nSPS) is 10.7. The van der Waals surface area contributed by atoms with Crippen molar-refractivity contribution in [1.82, 2.24) is 14.4 Å². The van der Waals surface area contributed by atoms with Gasteiger partial charge in [-0.05, 0) is 49.4 Å². The van der Waals surface area contributed by atoms with Crippen LogP contribution >= 0.6 is 0 Å². The van der Waals surface area contributed by atoms with Gasteiger partial charge in [-0.15, -0.1) is 0 Å². The van der Waals surface area contributed by atoms with Crippen molar-refractivity contribution in [3.8, 4) is 22.8 Å². The van der Waals surface area contributed by atoms with Crippen LogP contribution in [0.3, 0.4) is 0 Å². The van der Waals surface area contributed by atoms with E-state index < -0.39 is 0 Å². The van der Waals surface area contributed by atoms with Crippen LogP contribution in [0.1, 0.15) is 17.3 Å². The third-order valence-corrected chi connectivity index (χ3v) is 4.49. The number of nitrogens with zero attached hydrogens (tertiary/aromatic N) is 3. The number of anilines is 2. The van der Waals surface area contributed by atoms with E-state index in [0.29, 0.717) is 40.9 Å². The first-order valence-corrected chi connectivity index (χ1v) is 9.35. The summed E-state index contributed by atoms with van der Waals surface area (Å²) in [6.07, 6.45) is 3.50. The van der Waals surface area contributed by atoms with Gasteiger partial charge in [0.2, 0.25) is 5.78 Å². The van der Waals surface area contributed by atoms with E-state index in [1.54, 1.807) is 55.6 Å². The number of methoxy groups -OCH3 is 1. The van der Waals surface area contributed by atoms with Crippen LogP contribution in [0, 0.1) is 0 Å². The predicted molar refractivity (Wildman–Crippen MR) is 112 cm³/mol. The van der Waals surface area contributed by atoms with Gasteiger partial charge >= 0.3 is 5.97 Å². The Morgan fingerprint density at radius 2 is 2.07 bits per heavy atom. The summed E-state index contributed by atoms with van der Waals surface area (Å²) in [4.78, 5) is 21.0. The van der Waals surface area contributed by atoms with Gasteiger partial charge in [0.1, 0.15) is 11.5 Å². The number of fused-ring (bicyclic) bond motifs is 1. The second kappa shape index (κ2) is 8.12. The molecule has 0 aliphatic heterocycles. The van der Waals surface area contributed by atoms with Crippen molar-refractivity contribution in [3.05, 3.63) is 66.5 Å². The molecule has 0 aliphatic rings. The smallest absolute Gasteiger partial charge is 0.338 e. The summed E-state index contributed by atoms with van der Waals surface area (Å²) in [7, 11) is 1.49. The van der Waals surface area contributed by atoms with E-state index >= 15 is 0 Å². The molecule has 0 bridgehead atoms. The number of phenols is 1. The Kier molecular flexibility index (Phi) is 5.21. The van der Waals surface area contributed by atoms with Gasteiger partial charge in [0.15, 0.2) is 11.5 Å². The van der Waals surface area contributed by atoms with Crippen LogP contribution in [0.2, 0.25) is 0 Å². The average molecular weight is 404 g/mol. The number of carbonyl (C=O) groups excluding carboxylic acids is 1. The van der Waals surface area contributed by atoms with Crippen molar-refractivity contribution in [3.63, 3.8) is 0 Å².